The fourth-order valence-corrected chi connectivity index (χ4v) is 2.94. The maximum atomic E-state index is 13.0. The van der Waals surface area contributed by atoms with Crippen molar-refractivity contribution in [3.8, 4) is 0 Å². The van der Waals surface area contributed by atoms with Gasteiger partial charge in [-0.2, -0.15) is 0 Å². The summed E-state index contributed by atoms with van der Waals surface area (Å²) in [4.78, 5) is 12.2. The molecule has 19 heavy (non-hydrogen) atoms. The van der Waals surface area contributed by atoms with E-state index in [1.54, 1.807) is 12.1 Å². The molecule has 2 aromatic rings. The number of halogens is 3. The van der Waals surface area contributed by atoms with E-state index in [4.69, 9.17) is 0 Å². The largest absolute Gasteiger partial charge is 0.294 e. The lowest BCUT2D eigenvalue weighted by Gasteiger charge is -2.06. The molecule has 0 saturated heterocycles. The summed E-state index contributed by atoms with van der Waals surface area (Å²) in [5.41, 5.74) is 2.46. The van der Waals surface area contributed by atoms with Gasteiger partial charge in [-0.05, 0) is 48.4 Å². The Morgan fingerprint density at radius 2 is 1.89 bits per heavy atom. The smallest absolute Gasteiger partial charge is 0.167 e. The molecule has 0 unspecified atom stereocenters. The topological polar surface area (TPSA) is 17.1 Å². The third kappa shape index (κ3) is 3.74. The van der Waals surface area contributed by atoms with Gasteiger partial charge in [0.2, 0.25) is 0 Å². The molecule has 0 N–H and O–H groups in total. The molecule has 0 saturated carbocycles. The highest BCUT2D eigenvalue weighted by atomic mass is 79.9. The molecular weight excluding hydrogens is 375 g/mol. The van der Waals surface area contributed by atoms with Crippen LogP contribution in [0.1, 0.15) is 21.5 Å². The van der Waals surface area contributed by atoms with Gasteiger partial charge in [0, 0.05) is 20.9 Å². The van der Waals surface area contributed by atoms with Crippen LogP contribution in [-0.2, 0) is 6.42 Å². The lowest BCUT2D eigenvalue weighted by molar-refractivity contribution is 0.0992. The fourth-order valence-electron chi connectivity index (χ4n) is 1.84. The van der Waals surface area contributed by atoms with Gasteiger partial charge in [0.15, 0.2) is 5.78 Å². The molecule has 0 atom stereocenters. The Morgan fingerprint density at radius 1 is 1.16 bits per heavy atom. The fraction of sp³-hybridized carbons (Fsp3) is 0.133. The van der Waals surface area contributed by atoms with Crippen LogP contribution in [0.2, 0.25) is 0 Å². The number of benzene rings is 2. The summed E-state index contributed by atoms with van der Waals surface area (Å²) >= 11 is 6.66. The molecular formula is C15H11Br2FO. The molecule has 0 bridgehead atoms. The third-order valence-corrected chi connectivity index (χ3v) is 3.93. The molecule has 0 aliphatic rings. The molecule has 1 nitrogen and oxygen atoms in total. The van der Waals surface area contributed by atoms with Gasteiger partial charge in [0.25, 0.3) is 0 Å². The van der Waals surface area contributed by atoms with Crippen molar-refractivity contribution >= 4 is 37.6 Å². The number of carbonyl (C=O) groups is 1. The van der Waals surface area contributed by atoms with Gasteiger partial charge in [0.05, 0.1) is 0 Å². The normalized spacial score (nSPS) is 10.5. The van der Waals surface area contributed by atoms with E-state index in [1.165, 1.54) is 12.1 Å². The Kier molecular flexibility index (Phi) is 4.53. The Hall–Kier alpha value is -1.00. The van der Waals surface area contributed by atoms with Gasteiger partial charge < -0.3 is 0 Å². The van der Waals surface area contributed by atoms with Gasteiger partial charge in [-0.25, -0.2) is 4.39 Å². The van der Waals surface area contributed by atoms with Gasteiger partial charge in [-0.3, -0.25) is 4.79 Å². The zero-order chi connectivity index (χ0) is 14.0. The van der Waals surface area contributed by atoms with Crippen LogP contribution in [0, 0.1) is 12.7 Å². The summed E-state index contributed by atoms with van der Waals surface area (Å²) < 4.78 is 14.5. The molecule has 0 amide bonds. The predicted molar refractivity (Wildman–Crippen MR) is 81.0 cm³/mol. The number of rotatable bonds is 3. The number of Topliss-reactive ketones (excluding diaryl/α,β-unsaturated/α-hetero) is 1. The molecule has 0 radical (unpaired) electrons. The summed E-state index contributed by atoms with van der Waals surface area (Å²) in [7, 11) is 0. The number of hydrogen-bond acceptors (Lipinski definition) is 1. The molecule has 0 heterocycles. The Balaban J connectivity index is 2.25. The first-order valence-electron chi connectivity index (χ1n) is 5.70. The van der Waals surface area contributed by atoms with Crippen molar-refractivity contribution in [3.05, 3.63) is 67.9 Å². The van der Waals surface area contributed by atoms with Crippen LogP contribution in [0.25, 0.3) is 0 Å². The van der Waals surface area contributed by atoms with Crippen molar-refractivity contribution in [1.29, 1.82) is 0 Å². The maximum absolute atomic E-state index is 13.0. The molecule has 0 aliphatic carbocycles. The summed E-state index contributed by atoms with van der Waals surface area (Å²) in [6.07, 6.45) is 0.247. The average molecular weight is 386 g/mol. The highest BCUT2D eigenvalue weighted by Crippen LogP contribution is 2.21. The minimum Gasteiger partial charge on any atom is -0.294 e. The van der Waals surface area contributed by atoms with Gasteiger partial charge in [0.1, 0.15) is 5.82 Å². The van der Waals surface area contributed by atoms with E-state index in [0.717, 1.165) is 15.6 Å². The lowest BCUT2D eigenvalue weighted by atomic mass is 10.0. The molecule has 0 aromatic heterocycles. The van der Waals surface area contributed by atoms with Crippen molar-refractivity contribution in [1.82, 2.24) is 0 Å². The van der Waals surface area contributed by atoms with Crippen LogP contribution in [-0.4, -0.2) is 5.78 Å². The minimum atomic E-state index is -0.318. The Labute approximate surface area is 128 Å². The first-order chi connectivity index (χ1) is 8.95. The van der Waals surface area contributed by atoms with E-state index < -0.39 is 0 Å². The quantitative estimate of drug-likeness (QED) is 0.673. The monoisotopic (exact) mass is 384 g/mol. The standard InChI is InChI=1S/C15H11Br2FO/c1-9-4-11(6-12(16)5-9)15(19)7-10-2-3-13(18)8-14(10)17/h2-6,8H,7H2,1H3. The van der Waals surface area contributed by atoms with Gasteiger partial charge in [-0.1, -0.05) is 37.9 Å². The van der Waals surface area contributed by atoms with Crippen molar-refractivity contribution < 1.29 is 9.18 Å². The second-order valence-corrected chi connectivity index (χ2v) is 6.12. The summed E-state index contributed by atoms with van der Waals surface area (Å²) in [5, 5.41) is 0. The second-order valence-electron chi connectivity index (χ2n) is 4.35. The molecule has 2 aromatic carbocycles. The van der Waals surface area contributed by atoms with E-state index >= 15 is 0 Å². The highest BCUT2D eigenvalue weighted by Gasteiger charge is 2.11. The van der Waals surface area contributed by atoms with Crippen molar-refractivity contribution in [2.45, 2.75) is 13.3 Å². The van der Waals surface area contributed by atoms with Gasteiger partial charge in [-0.15, -0.1) is 0 Å². The van der Waals surface area contributed by atoms with E-state index in [-0.39, 0.29) is 18.0 Å². The number of hydrogen-bond donors (Lipinski definition) is 0. The maximum Gasteiger partial charge on any atom is 0.167 e. The number of aryl methyl sites for hydroxylation is 1. The van der Waals surface area contributed by atoms with Crippen LogP contribution in [0.5, 0.6) is 0 Å². The average Bonchev–Trinajstić information content (AvgIpc) is 2.31. The molecule has 2 rings (SSSR count). The molecule has 0 fully saturated rings. The summed E-state index contributed by atoms with van der Waals surface area (Å²) in [6, 6.07) is 9.96. The molecule has 0 aliphatic heterocycles. The third-order valence-electron chi connectivity index (χ3n) is 2.73. The van der Waals surface area contributed by atoms with E-state index in [2.05, 4.69) is 31.9 Å². The van der Waals surface area contributed by atoms with Crippen molar-refractivity contribution in [3.63, 3.8) is 0 Å². The number of ketones is 1. The Morgan fingerprint density at radius 3 is 2.53 bits per heavy atom. The highest BCUT2D eigenvalue weighted by molar-refractivity contribution is 9.10. The molecule has 0 spiro atoms. The summed E-state index contributed by atoms with van der Waals surface area (Å²) in [5.74, 6) is -0.307. The minimum absolute atomic E-state index is 0.0108. The van der Waals surface area contributed by atoms with Crippen LogP contribution in [0.4, 0.5) is 4.39 Å². The Bertz CT molecular complexity index is 618. The van der Waals surface area contributed by atoms with E-state index in [0.29, 0.717) is 10.0 Å². The molecule has 98 valence electrons. The first-order valence-corrected chi connectivity index (χ1v) is 7.28. The lowest BCUT2D eigenvalue weighted by Crippen LogP contribution is -2.04. The first kappa shape index (κ1) is 14.4. The second kappa shape index (κ2) is 5.97. The van der Waals surface area contributed by atoms with Crippen molar-refractivity contribution in [2.24, 2.45) is 0 Å². The van der Waals surface area contributed by atoms with Crippen LogP contribution in [0.3, 0.4) is 0 Å². The van der Waals surface area contributed by atoms with Crippen LogP contribution >= 0.6 is 31.9 Å². The number of carbonyl (C=O) groups excluding carboxylic acids is 1. The van der Waals surface area contributed by atoms with Crippen LogP contribution < -0.4 is 0 Å². The van der Waals surface area contributed by atoms with E-state index in [1.807, 2.05) is 19.1 Å². The molecule has 4 heteroatoms. The van der Waals surface area contributed by atoms with E-state index in [9.17, 15) is 9.18 Å². The van der Waals surface area contributed by atoms with Crippen molar-refractivity contribution in [2.75, 3.05) is 0 Å². The zero-order valence-electron chi connectivity index (χ0n) is 10.2. The summed E-state index contributed by atoms with van der Waals surface area (Å²) in [6.45, 7) is 1.94. The van der Waals surface area contributed by atoms with Crippen LogP contribution in [0.15, 0.2) is 45.3 Å². The van der Waals surface area contributed by atoms with Gasteiger partial charge >= 0.3 is 0 Å². The predicted octanol–water partition coefficient (Wildman–Crippen LogP) is 5.08. The SMILES string of the molecule is Cc1cc(Br)cc(C(=O)Cc2ccc(F)cc2Br)c1. The zero-order valence-corrected chi connectivity index (χ0v) is 13.4.